The van der Waals surface area contributed by atoms with Crippen molar-refractivity contribution < 1.29 is 14.3 Å². The van der Waals surface area contributed by atoms with Gasteiger partial charge in [-0.25, -0.2) is 4.68 Å². The van der Waals surface area contributed by atoms with Gasteiger partial charge >= 0.3 is 0 Å². The van der Waals surface area contributed by atoms with Gasteiger partial charge in [0.15, 0.2) is 0 Å². The van der Waals surface area contributed by atoms with Gasteiger partial charge in [0.1, 0.15) is 23.9 Å². The highest BCUT2D eigenvalue weighted by Gasteiger charge is 2.36. The van der Waals surface area contributed by atoms with Gasteiger partial charge in [0.2, 0.25) is 11.8 Å². The highest BCUT2D eigenvalue weighted by atomic mass is 16.5. The van der Waals surface area contributed by atoms with Crippen LogP contribution < -0.4 is 15.0 Å². The molecule has 0 aliphatic carbocycles. The first-order chi connectivity index (χ1) is 17.7. The average molecular weight is 500 g/mol. The number of nitrogens with zero attached hydrogens (tertiary/aromatic N) is 4. The molecular weight excluding hydrogens is 466 g/mol. The van der Waals surface area contributed by atoms with Crippen LogP contribution in [-0.2, 0) is 16.1 Å². The molecule has 1 heterocycles. The molecule has 0 aliphatic rings. The second-order valence-corrected chi connectivity index (χ2v) is 9.69. The smallest absolute Gasteiger partial charge is 0.249 e. The van der Waals surface area contributed by atoms with Gasteiger partial charge in [-0.3, -0.25) is 14.5 Å². The molecule has 8 nitrogen and oxygen atoms in total. The van der Waals surface area contributed by atoms with Gasteiger partial charge in [-0.05, 0) is 68.7 Å². The third kappa shape index (κ3) is 5.63. The molecule has 192 valence electrons. The molecule has 0 fully saturated rings. The van der Waals surface area contributed by atoms with Gasteiger partial charge in [0, 0.05) is 11.2 Å². The molecule has 0 saturated heterocycles. The second-order valence-electron chi connectivity index (χ2n) is 9.69. The van der Waals surface area contributed by atoms with Crippen LogP contribution in [0.15, 0.2) is 72.8 Å². The molecule has 8 heteroatoms. The van der Waals surface area contributed by atoms with E-state index < -0.39 is 11.6 Å². The topological polar surface area (TPSA) is 89.4 Å². The lowest BCUT2D eigenvalue weighted by Crippen LogP contribution is -2.51. The van der Waals surface area contributed by atoms with Gasteiger partial charge in [0.25, 0.3) is 0 Å². The first-order valence-electron chi connectivity index (χ1n) is 12.4. The van der Waals surface area contributed by atoms with Crippen molar-refractivity contribution in [2.45, 2.75) is 52.2 Å². The third-order valence-corrected chi connectivity index (χ3v) is 6.63. The molecular formula is C29H33N5O3. The van der Waals surface area contributed by atoms with E-state index in [0.717, 1.165) is 17.5 Å². The number of fused-ring (bicyclic) bond motifs is 1. The van der Waals surface area contributed by atoms with Crippen molar-refractivity contribution in [2.24, 2.45) is 0 Å². The average Bonchev–Trinajstić information content (AvgIpc) is 3.30. The summed E-state index contributed by atoms with van der Waals surface area (Å²) in [5.41, 5.74) is 3.20. The number of amides is 2. The van der Waals surface area contributed by atoms with E-state index in [-0.39, 0.29) is 18.4 Å². The molecule has 1 N–H and O–H groups in total. The number of benzene rings is 3. The van der Waals surface area contributed by atoms with E-state index in [1.54, 1.807) is 28.8 Å². The van der Waals surface area contributed by atoms with Gasteiger partial charge in [-0.15, -0.1) is 5.10 Å². The number of aromatic nitrogens is 3. The van der Waals surface area contributed by atoms with E-state index in [4.69, 9.17) is 4.74 Å². The first-order valence-corrected chi connectivity index (χ1v) is 12.4. The Kier molecular flexibility index (Phi) is 7.57. The van der Waals surface area contributed by atoms with Crippen LogP contribution in [0.1, 0.15) is 44.4 Å². The van der Waals surface area contributed by atoms with Crippen LogP contribution in [0.3, 0.4) is 0 Å². The van der Waals surface area contributed by atoms with E-state index in [9.17, 15) is 9.59 Å². The fourth-order valence-electron chi connectivity index (χ4n) is 4.18. The number of hydrogen-bond acceptors (Lipinski definition) is 5. The molecule has 0 bridgehead atoms. The third-order valence-electron chi connectivity index (χ3n) is 6.63. The number of hydrogen-bond donors (Lipinski definition) is 1. The van der Waals surface area contributed by atoms with Crippen molar-refractivity contribution in [3.63, 3.8) is 0 Å². The summed E-state index contributed by atoms with van der Waals surface area (Å²) >= 11 is 0. The summed E-state index contributed by atoms with van der Waals surface area (Å²) in [6.45, 7) is 7.81. The van der Waals surface area contributed by atoms with Crippen molar-refractivity contribution in [1.82, 2.24) is 20.3 Å². The van der Waals surface area contributed by atoms with Gasteiger partial charge in [0.05, 0.1) is 12.6 Å². The van der Waals surface area contributed by atoms with Crippen LogP contribution in [0.25, 0.3) is 11.0 Å². The Hall–Kier alpha value is -4.20. The van der Waals surface area contributed by atoms with Crippen molar-refractivity contribution in [3.05, 3.63) is 83.9 Å². The number of para-hydroxylation sites is 2. The van der Waals surface area contributed by atoms with E-state index in [1.807, 2.05) is 88.4 Å². The predicted molar refractivity (Wildman–Crippen MR) is 144 cm³/mol. The second kappa shape index (κ2) is 10.8. The van der Waals surface area contributed by atoms with Crippen LogP contribution in [0, 0.1) is 6.92 Å². The molecule has 1 unspecified atom stereocenters. The van der Waals surface area contributed by atoms with E-state index in [1.165, 1.54) is 0 Å². The molecule has 3 aromatic carbocycles. The molecule has 0 spiro atoms. The number of rotatable bonds is 9. The molecule has 4 aromatic rings. The molecule has 2 amide bonds. The van der Waals surface area contributed by atoms with Crippen LogP contribution in [0.4, 0.5) is 5.69 Å². The number of aryl methyl sites for hydroxylation is 1. The summed E-state index contributed by atoms with van der Waals surface area (Å²) in [6.07, 6.45) is 0.733. The minimum Gasteiger partial charge on any atom is -0.497 e. The standard InChI is InChI=1S/C29H33N5O3/c1-6-29(3,4)30-28(36)27(21-15-17-22(37-5)18-16-21)34(24-13-9-7-11-20(24)2)26(35)19-33-25-14-10-8-12-23(25)31-32-33/h7-18,27H,6,19H2,1-5H3,(H,30,36). The summed E-state index contributed by atoms with van der Waals surface area (Å²) < 4.78 is 6.90. The summed E-state index contributed by atoms with van der Waals surface area (Å²) in [6, 6.07) is 21.4. The quantitative estimate of drug-likeness (QED) is 0.356. The van der Waals surface area contributed by atoms with Crippen molar-refractivity contribution >= 4 is 28.5 Å². The Balaban J connectivity index is 1.83. The molecule has 0 aliphatic heterocycles. The lowest BCUT2D eigenvalue weighted by molar-refractivity contribution is -0.128. The number of carbonyl (C=O) groups excluding carboxylic acids is 2. The molecule has 0 saturated carbocycles. The molecule has 37 heavy (non-hydrogen) atoms. The SMILES string of the molecule is CCC(C)(C)NC(=O)C(c1ccc(OC)cc1)N(C(=O)Cn1nnc2ccccc21)c1ccccc1C. The minimum atomic E-state index is -0.917. The summed E-state index contributed by atoms with van der Waals surface area (Å²) in [7, 11) is 1.59. The first kappa shape index (κ1) is 25.9. The maximum Gasteiger partial charge on any atom is 0.249 e. The summed E-state index contributed by atoms with van der Waals surface area (Å²) in [4.78, 5) is 29.6. The number of anilines is 1. The van der Waals surface area contributed by atoms with Crippen molar-refractivity contribution in [2.75, 3.05) is 12.0 Å². The van der Waals surface area contributed by atoms with Crippen molar-refractivity contribution in [1.29, 1.82) is 0 Å². The van der Waals surface area contributed by atoms with E-state index in [0.29, 0.717) is 22.5 Å². The number of nitrogens with one attached hydrogen (secondary N) is 1. The predicted octanol–water partition coefficient (Wildman–Crippen LogP) is 4.83. The minimum absolute atomic E-state index is 0.0774. The Bertz CT molecular complexity index is 1390. The highest BCUT2D eigenvalue weighted by Crippen LogP contribution is 2.32. The molecule has 1 atom stereocenters. The number of carbonyl (C=O) groups is 2. The zero-order valence-electron chi connectivity index (χ0n) is 21.9. The number of methoxy groups -OCH3 is 1. The Labute approximate surface area is 217 Å². The monoisotopic (exact) mass is 499 g/mol. The van der Waals surface area contributed by atoms with Crippen LogP contribution in [0.5, 0.6) is 5.75 Å². The molecule has 0 radical (unpaired) electrons. The zero-order chi connectivity index (χ0) is 26.6. The van der Waals surface area contributed by atoms with Gasteiger partial charge in [-0.2, -0.15) is 0 Å². The Morgan fingerprint density at radius 1 is 1.03 bits per heavy atom. The Morgan fingerprint density at radius 2 is 1.70 bits per heavy atom. The van der Waals surface area contributed by atoms with E-state index >= 15 is 0 Å². The summed E-state index contributed by atoms with van der Waals surface area (Å²) in [5, 5.41) is 11.5. The maximum atomic E-state index is 14.1. The van der Waals surface area contributed by atoms with Gasteiger partial charge < -0.3 is 10.1 Å². The van der Waals surface area contributed by atoms with Gasteiger partial charge in [-0.1, -0.05) is 54.6 Å². The normalized spacial score (nSPS) is 12.2. The Morgan fingerprint density at radius 3 is 2.38 bits per heavy atom. The highest BCUT2D eigenvalue weighted by molar-refractivity contribution is 6.02. The van der Waals surface area contributed by atoms with Crippen LogP contribution in [-0.4, -0.2) is 39.5 Å². The largest absolute Gasteiger partial charge is 0.497 e. The molecule has 1 aromatic heterocycles. The van der Waals surface area contributed by atoms with Crippen LogP contribution in [0.2, 0.25) is 0 Å². The zero-order valence-corrected chi connectivity index (χ0v) is 21.9. The fraction of sp³-hybridized carbons (Fsp3) is 0.310. The maximum absolute atomic E-state index is 14.1. The molecule has 4 rings (SSSR count). The number of ether oxygens (including phenoxy) is 1. The van der Waals surface area contributed by atoms with Crippen molar-refractivity contribution in [3.8, 4) is 5.75 Å². The van der Waals surface area contributed by atoms with E-state index in [2.05, 4.69) is 15.6 Å². The lowest BCUT2D eigenvalue weighted by Gasteiger charge is -2.35. The summed E-state index contributed by atoms with van der Waals surface area (Å²) in [5.74, 6) is 0.118. The van der Waals surface area contributed by atoms with Crippen LogP contribution >= 0.6 is 0 Å². The fourth-order valence-corrected chi connectivity index (χ4v) is 4.18. The lowest BCUT2D eigenvalue weighted by atomic mass is 9.97.